The van der Waals surface area contributed by atoms with Gasteiger partial charge >= 0.3 is 0 Å². The van der Waals surface area contributed by atoms with Gasteiger partial charge in [-0.1, -0.05) is 49.7 Å². The van der Waals surface area contributed by atoms with E-state index in [9.17, 15) is 4.39 Å². The number of hydrogen-bond acceptors (Lipinski definition) is 1. The summed E-state index contributed by atoms with van der Waals surface area (Å²) in [5, 5.41) is 0. The Morgan fingerprint density at radius 1 is 1.21 bits per heavy atom. The minimum atomic E-state index is -0.117. The van der Waals surface area contributed by atoms with Crippen molar-refractivity contribution in [3.63, 3.8) is 0 Å². The summed E-state index contributed by atoms with van der Waals surface area (Å²) in [5.74, 6) is 0.480. The van der Waals surface area contributed by atoms with Gasteiger partial charge in [0.15, 0.2) is 0 Å². The molecule has 108 valence electrons. The largest absolute Gasteiger partial charge is 0.296 e. The van der Waals surface area contributed by atoms with Crippen LogP contribution in [0.15, 0.2) is 22.7 Å². The van der Waals surface area contributed by atoms with Gasteiger partial charge in [-0.05, 0) is 30.9 Å². The van der Waals surface area contributed by atoms with Crippen LogP contribution in [0.3, 0.4) is 0 Å². The molecule has 1 aromatic rings. The zero-order valence-corrected chi connectivity index (χ0v) is 14.0. The van der Waals surface area contributed by atoms with Crippen LogP contribution >= 0.6 is 15.9 Å². The number of nitrogens with zero attached hydrogens (tertiary/aromatic N) is 1. The Kier molecular flexibility index (Phi) is 7.01. The molecule has 1 aromatic carbocycles. The molecule has 0 aliphatic heterocycles. The molecule has 0 aromatic heterocycles. The normalized spacial score (nSPS) is 11.8. The second-order valence-corrected chi connectivity index (χ2v) is 6.45. The van der Waals surface area contributed by atoms with Crippen LogP contribution in [0.4, 0.5) is 4.39 Å². The topological polar surface area (TPSA) is 3.24 Å². The monoisotopic (exact) mass is 329 g/mol. The summed E-state index contributed by atoms with van der Waals surface area (Å²) in [7, 11) is 0. The highest BCUT2D eigenvalue weighted by atomic mass is 79.9. The third-order valence-electron chi connectivity index (χ3n) is 3.45. The van der Waals surface area contributed by atoms with E-state index in [0.29, 0.717) is 18.5 Å². The minimum absolute atomic E-state index is 0.117. The summed E-state index contributed by atoms with van der Waals surface area (Å²) in [6.07, 6.45) is 2.22. The molecule has 1 rings (SSSR count). The summed E-state index contributed by atoms with van der Waals surface area (Å²) in [5.41, 5.74) is 0.788. The van der Waals surface area contributed by atoms with Crippen molar-refractivity contribution in [1.29, 1.82) is 0 Å². The van der Waals surface area contributed by atoms with E-state index in [-0.39, 0.29) is 5.82 Å². The lowest BCUT2D eigenvalue weighted by Crippen LogP contribution is -2.37. The second-order valence-electron chi connectivity index (χ2n) is 5.53. The first-order valence-electron chi connectivity index (χ1n) is 7.15. The lowest BCUT2D eigenvalue weighted by Gasteiger charge is -2.32. The second kappa shape index (κ2) is 8.01. The van der Waals surface area contributed by atoms with Crippen LogP contribution in [0.25, 0.3) is 0 Å². The van der Waals surface area contributed by atoms with Crippen LogP contribution in [-0.2, 0) is 6.54 Å². The van der Waals surface area contributed by atoms with Crippen LogP contribution in [-0.4, -0.2) is 17.5 Å². The van der Waals surface area contributed by atoms with Crippen molar-refractivity contribution >= 4 is 15.9 Å². The molecule has 0 aliphatic carbocycles. The van der Waals surface area contributed by atoms with Gasteiger partial charge in [-0.25, -0.2) is 4.39 Å². The van der Waals surface area contributed by atoms with Gasteiger partial charge < -0.3 is 0 Å². The smallest absolute Gasteiger partial charge is 0.128 e. The molecule has 0 saturated carbocycles. The summed E-state index contributed by atoms with van der Waals surface area (Å²) in [6.45, 7) is 10.6. The van der Waals surface area contributed by atoms with Crippen molar-refractivity contribution < 1.29 is 4.39 Å². The van der Waals surface area contributed by atoms with E-state index < -0.39 is 0 Å². The predicted octanol–water partition coefficient (Wildman–Crippen LogP) is 5.23. The number of rotatable bonds is 7. The molecule has 3 heteroatoms. The molecule has 1 nitrogen and oxygen atoms in total. The molecule has 0 unspecified atom stereocenters. The van der Waals surface area contributed by atoms with Crippen molar-refractivity contribution in [2.45, 2.75) is 53.1 Å². The number of halogens is 2. The SMILES string of the molecule is CCC(CC)N(Cc1ccc(Br)cc1F)CC(C)C. The van der Waals surface area contributed by atoms with Gasteiger partial charge in [-0.2, -0.15) is 0 Å². The molecule has 0 bridgehead atoms. The minimum Gasteiger partial charge on any atom is -0.296 e. The van der Waals surface area contributed by atoms with Gasteiger partial charge in [0.05, 0.1) is 0 Å². The zero-order chi connectivity index (χ0) is 14.4. The van der Waals surface area contributed by atoms with Crippen LogP contribution in [0.5, 0.6) is 0 Å². The molecule has 19 heavy (non-hydrogen) atoms. The fourth-order valence-corrected chi connectivity index (χ4v) is 2.82. The van der Waals surface area contributed by atoms with Crippen molar-refractivity contribution in [3.05, 3.63) is 34.1 Å². The van der Waals surface area contributed by atoms with Gasteiger partial charge in [0.25, 0.3) is 0 Å². The fourth-order valence-electron chi connectivity index (χ4n) is 2.49. The Morgan fingerprint density at radius 2 is 1.84 bits per heavy atom. The maximum atomic E-state index is 14.0. The predicted molar refractivity (Wildman–Crippen MR) is 83.7 cm³/mol. The standard InChI is InChI=1S/C16H25BrFN/c1-5-15(6-2)19(10-12(3)4)11-13-7-8-14(17)9-16(13)18/h7-9,12,15H,5-6,10-11H2,1-4H3. The van der Waals surface area contributed by atoms with Gasteiger partial charge in [0, 0.05) is 29.2 Å². The maximum Gasteiger partial charge on any atom is 0.128 e. The lowest BCUT2D eigenvalue weighted by atomic mass is 10.1. The summed E-state index contributed by atoms with van der Waals surface area (Å²) < 4.78 is 14.8. The molecule has 0 atom stereocenters. The Morgan fingerprint density at radius 3 is 2.32 bits per heavy atom. The third-order valence-corrected chi connectivity index (χ3v) is 3.94. The molecule has 0 fully saturated rings. The average Bonchev–Trinajstić information content (AvgIpc) is 2.33. The molecule has 0 N–H and O–H groups in total. The van der Waals surface area contributed by atoms with E-state index in [2.05, 4.69) is 48.5 Å². The summed E-state index contributed by atoms with van der Waals surface area (Å²) in [6, 6.07) is 5.88. The van der Waals surface area contributed by atoms with Gasteiger partial charge in [-0.3, -0.25) is 4.90 Å². The lowest BCUT2D eigenvalue weighted by molar-refractivity contribution is 0.155. The van der Waals surface area contributed by atoms with Crippen molar-refractivity contribution in [1.82, 2.24) is 4.90 Å². The highest BCUT2D eigenvalue weighted by molar-refractivity contribution is 9.10. The molecular weight excluding hydrogens is 305 g/mol. The molecule has 0 radical (unpaired) electrons. The van der Waals surface area contributed by atoms with Gasteiger partial charge in [0.1, 0.15) is 5.82 Å². The van der Waals surface area contributed by atoms with E-state index >= 15 is 0 Å². The first-order valence-corrected chi connectivity index (χ1v) is 7.95. The van der Waals surface area contributed by atoms with Crippen LogP contribution in [0.2, 0.25) is 0 Å². The van der Waals surface area contributed by atoms with Crippen LogP contribution in [0, 0.1) is 11.7 Å². The van der Waals surface area contributed by atoms with E-state index in [4.69, 9.17) is 0 Å². The van der Waals surface area contributed by atoms with Gasteiger partial charge in [-0.15, -0.1) is 0 Å². The maximum absolute atomic E-state index is 14.0. The number of hydrogen-bond donors (Lipinski definition) is 0. The Balaban J connectivity index is 2.86. The quantitative estimate of drug-likeness (QED) is 0.661. The first kappa shape index (κ1) is 16.6. The molecular formula is C16H25BrFN. The highest BCUT2D eigenvalue weighted by Gasteiger charge is 2.18. The van der Waals surface area contributed by atoms with Gasteiger partial charge in [0.2, 0.25) is 0 Å². The highest BCUT2D eigenvalue weighted by Crippen LogP contribution is 2.20. The first-order chi connectivity index (χ1) is 8.97. The molecule has 0 heterocycles. The molecule has 0 spiro atoms. The summed E-state index contributed by atoms with van der Waals surface area (Å²) >= 11 is 3.31. The summed E-state index contributed by atoms with van der Waals surface area (Å²) in [4.78, 5) is 2.41. The van der Waals surface area contributed by atoms with E-state index in [1.54, 1.807) is 6.07 Å². The van der Waals surface area contributed by atoms with Crippen molar-refractivity contribution in [2.24, 2.45) is 5.92 Å². The molecule has 0 amide bonds. The number of benzene rings is 1. The third kappa shape index (κ3) is 5.23. The zero-order valence-electron chi connectivity index (χ0n) is 12.4. The van der Waals surface area contributed by atoms with Crippen molar-refractivity contribution in [2.75, 3.05) is 6.54 Å². The van der Waals surface area contributed by atoms with Crippen LogP contribution in [0.1, 0.15) is 46.1 Å². The Bertz CT molecular complexity index is 388. The van der Waals surface area contributed by atoms with E-state index in [0.717, 1.165) is 29.4 Å². The average molecular weight is 330 g/mol. The molecule has 0 aliphatic rings. The van der Waals surface area contributed by atoms with Crippen molar-refractivity contribution in [3.8, 4) is 0 Å². The van der Waals surface area contributed by atoms with E-state index in [1.165, 1.54) is 0 Å². The molecule has 0 saturated heterocycles. The Hall–Kier alpha value is -0.410. The van der Waals surface area contributed by atoms with Crippen LogP contribution < -0.4 is 0 Å². The van der Waals surface area contributed by atoms with E-state index in [1.807, 2.05) is 12.1 Å². The Labute approximate surface area is 125 Å². The fraction of sp³-hybridized carbons (Fsp3) is 0.625.